The summed E-state index contributed by atoms with van der Waals surface area (Å²) in [5, 5.41) is 3.29. The number of carbonyl (C=O) groups excluding carboxylic acids is 1. The molecule has 1 aromatic carbocycles. The first-order valence-corrected chi connectivity index (χ1v) is 6.25. The van der Waals surface area contributed by atoms with Gasteiger partial charge in [0.1, 0.15) is 0 Å². The van der Waals surface area contributed by atoms with Crippen LogP contribution >= 0.6 is 0 Å². The molecule has 17 heavy (non-hydrogen) atoms. The molecule has 1 rings (SSSR count). The molecular weight excluding hydrogens is 214 g/mol. The van der Waals surface area contributed by atoms with Gasteiger partial charge in [0, 0.05) is 12.2 Å². The molecule has 0 radical (unpaired) electrons. The molecule has 0 aliphatic heterocycles. The fraction of sp³-hybridized carbons (Fsp3) is 0.500. The molecule has 0 aromatic heterocycles. The molecule has 0 unspecified atom stereocenters. The summed E-state index contributed by atoms with van der Waals surface area (Å²) in [6.45, 7) is 5.06. The molecule has 0 aliphatic carbocycles. The van der Waals surface area contributed by atoms with Crippen LogP contribution in [0.25, 0.3) is 0 Å². The second kappa shape index (κ2) is 7.71. The van der Waals surface area contributed by atoms with Gasteiger partial charge in [-0.15, -0.1) is 0 Å². The maximum atomic E-state index is 11.2. The number of aryl methyl sites for hydroxylation is 1. The van der Waals surface area contributed by atoms with Gasteiger partial charge < -0.3 is 10.1 Å². The predicted molar refractivity (Wildman–Crippen MR) is 70.2 cm³/mol. The summed E-state index contributed by atoms with van der Waals surface area (Å²) in [5.41, 5.74) is 2.43. The number of anilines is 1. The molecule has 0 aliphatic rings. The summed E-state index contributed by atoms with van der Waals surface area (Å²) in [5.74, 6) is -0.145. The van der Waals surface area contributed by atoms with Crippen molar-refractivity contribution in [1.82, 2.24) is 0 Å². The largest absolute Gasteiger partial charge is 0.466 e. The van der Waals surface area contributed by atoms with Crippen molar-refractivity contribution in [3.8, 4) is 0 Å². The second-order valence-corrected chi connectivity index (χ2v) is 3.89. The van der Waals surface area contributed by atoms with Gasteiger partial charge in [0.2, 0.25) is 0 Å². The number of rotatable bonds is 7. The highest BCUT2D eigenvalue weighted by Gasteiger charge is 2.03. The van der Waals surface area contributed by atoms with Gasteiger partial charge in [-0.3, -0.25) is 4.79 Å². The van der Waals surface area contributed by atoms with Crippen LogP contribution in [0, 0.1) is 0 Å². The summed E-state index contributed by atoms with van der Waals surface area (Å²) >= 11 is 0. The molecule has 0 heterocycles. The Hall–Kier alpha value is -1.51. The van der Waals surface area contributed by atoms with E-state index in [4.69, 9.17) is 4.74 Å². The average Bonchev–Trinajstić information content (AvgIpc) is 2.32. The van der Waals surface area contributed by atoms with E-state index in [2.05, 4.69) is 24.4 Å². The third kappa shape index (κ3) is 4.89. The molecule has 1 N–H and O–H groups in total. The second-order valence-electron chi connectivity index (χ2n) is 3.89. The average molecular weight is 235 g/mol. The number of carbonyl (C=O) groups is 1. The molecule has 0 saturated carbocycles. The van der Waals surface area contributed by atoms with Crippen molar-refractivity contribution >= 4 is 11.7 Å². The first kappa shape index (κ1) is 13.6. The van der Waals surface area contributed by atoms with E-state index in [0.29, 0.717) is 19.6 Å². The van der Waals surface area contributed by atoms with Crippen LogP contribution in [0.15, 0.2) is 24.3 Å². The Labute approximate surface area is 103 Å². The van der Waals surface area contributed by atoms with Gasteiger partial charge in [0.25, 0.3) is 0 Å². The number of esters is 1. The van der Waals surface area contributed by atoms with Gasteiger partial charge >= 0.3 is 5.97 Å². The maximum absolute atomic E-state index is 11.2. The SMILES string of the molecule is CCCc1ccccc1NCCC(=O)OCC. The third-order valence-corrected chi connectivity index (χ3v) is 2.49. The predicted octanol–water partition coefficient (Wildman–Crippen LogP) is 3.00. The minimum atomic E-state index is -0.145. The van der Waals surface area contributed by atoms with Gasteiger partial charge in [-0.1, -0.05) is 31.5 Å². The number of para-hydroxylation sites is 1. The van der Waals surface area contributed by atoms with E-state index < -0.39 is 0 Å². The first-order chi connectivity index (χ1) is 8.27. The Bertz CT molecular complexity index is 350. The molecule has 94 valence electrons. The number of nitrogens with one attached hydrogen (secondary N) is 1. The summed E-state index contributed by atoms with van der Waals surface area (Å²) in [4.78, 5) is 11.2. The van der Waals surface area contributed by atoms with Crippen LogP contribution < -0.4 is 5.32 Å². The Morgan fingerprint density at radius 2 is 2.06 bits per heavy atom. The van der Waals surface area contributed by atoms with Gasteiger partial charge in [-0.2, -0.15) is 0 Å². The van der Waals surface area contributed by atoms with E-state index >= 15 is 0 Å². The summed E-state index contributed by atoms with van der Waals surface area (Å²) in [6, 6.07) is 8.22. The van der Waals surface area contributed by atoms with Gasteiger partial charge in [0.15, 0.2) is 0 Å². The third-order valence-electron chi connectivity index (χ3n) is 2.49. The molecule has 3 nitrogen and oxygen atoms in total. The summed E-state index contributed by atoms with van der Waals surface area (Å²) in [7, 11) is 0. The van der Waals surface area contributed by atoms with Gasteiger partial charge in [0.05, 0.1) is 13.0 Å². The lowest BCUT2D eigenvalue weighted by Crippen LogP contribution is -2.12. The lowest BCUT2D eigenvalue weighted by Gasteiger charge is -2.11. The molecular formula is C14H21NO2. The van der Waals surface area contributed by atoms with Crippen molar-refractivity contribution < 1.29 is 9.53 Å². The molecule has 1 aromatic rings. The highest BCUT2D eigenvalue weighted by Crippen LogP contribution is 2.16. The van der Waals surface area contributed by atoms with Crippen LogP contribution in [0.2, 0.25) is 0 Å². The zero-order valence-electron chi connectivity index (χ0n) is 10.7. The zero-order chi connectivity index (χ0) is 12.5. The molecule has 0 fully saturated rings. The highest BCUT2D eigenvalue weighted by atomic mass is 16.5. The topological polar surface area (TPSA) is 38.3 Å². The minimum Gasteiger partial charge on any atom is -0.466 e. The first-order valence-electron chi connectivity index (χ1n) is 6.25. The molecule has 0 bridgehead atoms. The number of ether oxygens (including phenoxy) is 1. The van der Waals surface area contributed by atoms with Crippen LogP contribution in [0.3, 0.4) is 0 Å². The summed E-state index contributed by atoms with van der Waals surface area (Å²) in [6.07, 6.45) is 2.59. The molecule has 0 atom stereocenters. The monoisotopic (exact) mass is 235 g/mol. The quantitative estimate of drug-likeness (QED) is 0.738. The van der Waals surface area contributed by atoms with Crippen molar-refractivity contribution in [1.29, 1.82) is 0 Å². The van der Waals surface area contributed by atoms with Crippen molar-refractivity contribution in [3.63, 3.8) is 0 Å². The van der Waals surface area contributed by atoms with Gasteiger partial charge in [-0.05, 0) is 25.0 Å². The summed E-state index contributed by atoms with van der Waals surface area (Å²) < 4.78 is 4.88. The van der Waals surface area contributed by atoms with Crippen LogP contribution in [-0.2, 0) is 16.0 Å². The fourth-order valence-electron chi connectivity index (χ4n) is 1.71. The normalized spacial score (nSPS) is 10.0. The number of benzene rings is 1. The lowest BCUT2D eigenvalue weighted by molar-refractivity contribution is -0.142. The molecule has 0 spiro atoms. The fourth-order valence-corrected chi connectivity index (χ4v) is 1.71. The van der Waals surface area contributed by atoms with Crippen molar-refractivity contribution in [2.24, 2.45) is 0 Å². The van der Waals surface area contributed by atoms with Crippen LogP contribution in [-0.4, -0.2) is 19.1 Å². The Balaban J connectivity index is 2.43. The highest BCUT2D eigenvalue weighted by molar-refractivity contribution is 5.70. The standard InChI is InChI=1S/C14H21NO2/c1-3-7-12-8-5-6-9-13(12)15-11-10-14(16)17-4-2/h5-6,8-9,15H,3-4,7,10-11H2,1-2H3. The van der Waals surface area contributed by atoms with E-state index in [9.17, 15) is 4.79 Å². The minimum absolute atomic E-state index is 0.145. The van der Waals surface area contributed by atoms with E-state index in [0.717, 1.165) is 18.5 Å². The number of hydrogen-bond acceptors (Lipinski definition) is 3. The van der Waals surface area contributed by atoms with Crippen LogP contribution in [0.4, 0.5) is 5.69 Å². The van der Waals surface area contributed by atoms with Crippen LogP contribution in [0.1, 0.15) is 32.3 Å². The smallest absolute Gasteiger partial charge is 0.307 e. The Morgan fingerprint density at radius 1 is 1.29 bits per heavy atom. The van der Waals surface area contributed by atoms with Crippen LogP contribution in [0.5, 0.6) is 0 Å². The number of hydrogen-bond donors (Lipinski definition) is 1. The maximum Gasteiger partial charge on any atom is 0.307 e. The molecule has 3 heteroatoms. The van der Waals surface area contributed by atoms with Crippen molar-refractivity contribution in [2.75, 3.05) is 18.5 Å². The van der Waals surface area contributed by atoms with E-state index in [1.807, 2.05) is 19.1 Å². The van der Waals surface area contributed by atoms with Crippen molar-refractivity contribution in [3.05, 3.63) is 29.8 Å². The lowest BCUT2D eigenvalue weighted by atomic mass is 10.1. The van der Waals surface area contributed by atoms with E-state index in [1.54, 1.807) is 0 Å². The van der Waals surface area contributed by atoms with Gasteiger partial charge in [-0.25, -0.2) is 0 Å². The Morgan fingerprint density at radius 3 is 2.76 bits per heavy atom. The van der Waals surface area contributed by atoms with Crippen molar-refractivity contribution in [2.45, 2.75) is 33.1 Å². The molecule has 0 amide bonds. The molecule has 0 saturated heterocycles. The van der Waals surface area contributed by atoms with E-state index in [-0.39, 0.29) is 5.97 Å². The Kier molecular flexibility index (Phi) is 6.15. The van der Waals surface area contributed by atoms with E-state index in [1.165, 1.54) is 5.56 Å². The zero-order valence-corrected chi connectivity index (χ0v) is 10.7.